The lowest BCUT2D eigenvalue weighted by Gasteiger charge is -2.35. The van der Waals surface area contributed by atoms with E-state index in [0.717, 1.165) is 17.0 Å². The van der Waals surface area contributed by atoms with Gasteiger partial charge in [0.1, 0.15) is 16.8 Å². The van der Waals surface area contributed by atoms with E-state index in [4.69, 9.17) is 11.6 Å². The molecule has 1 aromatic rings. The Morgan fingerprint density at radius 2 is 1.88 bits per heavy atom. The van der Waals surface area contributed by atoms with Crippen LogP contribution in [0.25, 0.3) is 0 Å². The first kappa shape index (κ1) is 22.4. The van der Waals surface area contributed by atoms with E-state index in [-0.39, 0.29) is 25.5 Å². The lowest BCUT2D eigenvalue weighted by atomic mass is 10.2. The van der Waals surface area contributed by atoms with Crippen LogP contribution < -0.4 is 10.0 Å². The van der Waals surface area contributed by atoms with Crippen molar-refractivity contribution in [2.75, 3.05) is 32.7 Å². The molecular weight excluding hydrogens is 409 g/mol. The van der Waals surface area contributed by atoms with Crippen molar-refractivity contribution < 1.29 is 26.0 Å². The lowest BCUT2D eigenvalue weighted by molar-refractivity contribution is -0.182. The lowest BCUT2D eigenvalue weighted by Crippen LogP contribution is -2.57. The van der Waals surface area contributed by atoms with Crippen LogP contribution in [0.15, 0.2) is 23.1 Å². The van der Waals surface area contributed by atoms with Gasteiger partial charge in [-0.15, -0.1) is 12.4 Å². The van der Waals surface area contributed by atoms with Crippen LogP contribution in [0.2, 0.25) is 5.02 Å². The van der Waals surface area contributed by atoms with Crippen LogP contribution in [0.1, 0.15) is 0 Å². The molecule has 25 heavy (non-hydrogen) atoms. The van der Waals surface area contributed by atoms with Gasteiger partial charge in [-0.2, -0.15) is 13.2 Å². The van der Waals surface area contributed by atoms with Crippen LogP contribution in [0.4, 0.5) is 17.6 Å². The molecule has 0 amide bonds. The van der Waals surface area contributed by atoms with E-state index in [1.807, 2.05) is 4.72 Å². The number of alkyl halides is 3. The Morgan fingerprint density at radius 3 is 2.40 bits per heavy atom. The smallest absolute Gasteiger partial charge is 0.314 e. The number of halogens is 6. The second kappa shape index (κ2) is 8.83. The SMILES string of the molecule is Cl.O=S(=O)(NCC(N1CCNCC1)C(F)(F)F)c1c(F)cccc1Cl. The van der Waals surface area contributed by atoms with Gasteiger partial charge in [0.05, 0.1) is 5.02 Å². The quantitative estimate of drug-likeness (QED) is 0.708. The minimum absolute atomic E-state index is 0. The third-order valence-corrected chi connectivity index (χ3v) is 5.55. The molecule has 2 rings (SSSR count). The molecule has 1 heterocycles. The number of piperazine rings is 1. The monoisotopic (exact) mass is 425 g/mol. The molecule has 2 N–H and O–H groups in total. The van der Waals surface area contributed by atoms with E-state index in [2.05, 4.69) is 5.32 Å². The molecule has 1 aromatic carbocycles. The predicted octanol–water partition coefficient (Wildman–Crippen LogP) is 2.02. The molecule has 12 heteroatoms. The number of hydrogen-bond donors (Lipinski definition) is 2. The highest BCUT2D eigenvalue weighted by atomic mass is 35.5. The molecule has 1 fully saturated rings. The van der Waals surface area contributed by atoms with Crippen molar-refractivity contribution in [3.05, 3.63) is 29.0 Å². The summed E-state index contributed by atoms with van der Waals surface area (Å²) < 4.78 is 79.6. The van der Waals surface area contributed by atoms with Crippen molar-refractivity contribution in [2.45, 2.75) is 17.1 Å². The highest BCUT2D eigenvalue weighted by Gasteiger charge is 2.44. The number of benzene rings is 1. The van der Waals surface area contributed by atoms with E-state index in [9.17, 15) is 26.0 Å². The summed E-state index contributed by atoms with van der Waals surface area (Å²) >= 11 is 5.67. The number of nitrogens with zero attached hydrogens (tertiary/aromatic N) is 1. The number of nitrogens with one attached hydrogen (secondary N) is 2. The summed E-state index contributed by atoms with van der Waals surface area (Å²) in [6.07, 6.45) is -4.63. The molecule has 5 nitrogen and oxygen atoms in total. The largest absolute Gasteiger partial charge is 0.405 e. The summed E-state index contributed by atoms with van der Waals surface area (Å²) in [6.45, 7) is 0.0894. The standard InChI is InChI=1S/C13H16ClF4N3O2S.ClH/c14-9-2-1-3-10(15)12(9)24(22,23)20-8-11(13(16,17)18)21-6-4-19-5-7-21;/h1-3,11,19-20H,4-8H2;1H. The van der Waals surface area contributed by atoms with E-state index in [1.54, 1.807) is 0 Å². The van der Waals surface area contributed by atoms with Crippen LogP contribution in [0, 0.1) is 5.82 Å². The van der Waals surface area contributed by atoms with Crippen molar-refractivity contribution in [3.63, 3.8) is 0 Å². The molecule has 144 valence electrons. The van der Waals surface area contributed by atoms with Gasteiger partial charge in [0.2, 0.25) is 10.0 Å². The zero-order chi connectivity index (χ0) is 18.0. The zero-order valence-electron chi connectivity index (χ0n) is 12.8. The minimum atomic E-state index is -4.63. The van der Waals surface area contributed by atoms with Gasteiger partial charge in [-0.05, 0) is 12.1 Å². The second-order valence-corrected chi connectivity index (χ2v) is 7.36. The van der Waals surface area contributed by atoms with Gasteiger partial charge < -0.3 is 5.32 Å². The third kappa shape index (κ3) is 5.66. The number of rotatable bonds is 5. The van der Waals surface area contributed by atoms with Gasteiger partial charge in [-0.25, -0.2) is 17.5 Å². The Morgan fingerprint density at radius 1 is 1.28 bits per heavy atom. The molecule has 1 saturated heterocycles. The summed E-state index contributed by atoms with van der Waals surface area (Å²) in [5.41, 5.74) is 0. The normalized spacial score (nSPS) is 17.8. The number of hydrogen-bond acceptors (Lipinski definition) is 4. The Labute approximate surface area is 154 Å². The van der Waals surface area contributed by atoms with Gasteiger partial charge in [0.25, 0.3) is 0 Å². The van der Waals surface area contributed by atoms with Crippen molar-refractivity contribution in [1.29, 1.82) is 0 Å². The van der Waals surface area contributed by atoms with Gasteiger partial charge in [0, 0.05) is 32.7 Å². The second-order valence-electron chi connectivity index (χ2n) is 5.25. The highest BCUT2D eigenvalue weighted by molar-refractivity contribution is 7.89. The molecule has 0 saturated carbocycles. The first-order valence-corrected chi connectivity index (χ1v) is 8.94. The molecule has 0 radical (unpaired) electrons. The van der Waals surface area contributed by atoms with Crippen molar-refractivity contribution >= 4 is 34.0 Å². The van der Waals surface area contributed by atoms with Crippen LogP contribution in [0.5, 0.6) is 0 Å². The predicted molar refractivity (Wildman–Crippen MR) is 88.1 cm³/mol. The summed E-state index contributed by atoms with van der Waals surface area (Å²) in [4.78, 5) is 0.287. The van der Waals surface area contributed by atoms with E-state index in [0.29, 0.717) is 13.1 Å². The summed E-state index contributed by atoms with van der Waals surface area (Å²) in [6, 6.07) is 1.23. The Kier molecular flexibility index (Phi) is 7.91. The molecule has 0 bridgehead atoms. The van der Waals surface area contributed by atoms with Crippen molar-refractivity contribution in [1.82, 2.24) is 14.9 Å². The highest BCUT2D eigenvalue weighted by Crippen LogP contribution is 2.27. The Balaban J connectivity index is 0.00000312. The molecule has 1 aliphatic heterocycles. The maximum atomic E-state index is 13.7. The zero-order valence-corrected chi connectivity index (χ0v) is 15.2. The van der Waals surface area contributed by atoms with Crippen LogP contribution in [-0.4, -0.2) is 58.3 Å². The first-order valence-electron chi connectivity index (χ1n) is 7.08. The maximum absolute atomic E-state index is 13.7. The van der Waals surface area contributed by atoms with Crippen LogP contribution in [0.3, 0.4) is 0 Å². The fourth-order valence-corrected chi connectivity index (χ4v) is 4.08. The van der Waals surface area contributed by atoms with Crippen LogP contribution in [-0.2, 0) is 10.0 Å². The third-order valence-electron chi connectivity index (χ3n) is 3.62. The molecule has 1 atom stereocenters. The van der Waals surface area contributed by atoms with Crippen LogP contribution >= 0.6 is 24.0 Å². The average molecular weight is 426 g/mol. The first-order chi connectivity index (χ1) is 11.1. The maximum Gasteiger partial charge on any atom is 0.405 e. The molecule has 0 aliphatic carbocycles. The van der Waals surface area contributed by atoms with Gasteiger partial charge >= 0.3 is 6.18 Å². The summed E-state index contributed by atoms with van der Waals surface area (Å²) in [7, 11) is -4.51. The fraction of sp³-hybridized carbons (Fsp3) is 0.538. The average Bonchev–Trinajstić information content (AvgIpc) is 2.46. The van der Waals surface area contributed by atoms with Crippen molar-refractivity contribution in [3.8, 4) is 0 Å². The number of sulfonamides is 1. The molecular formula is C13H17Cl2F4N3O2S. The Bertz CT molecular complexity index is 662. The molecule has 1 unspecified atom stereocenters. The summed E-state index contributed by atoms with van der Waals surface area (Å²) in [5, 5.41) is 2.52. The van der Waals surface area contributed by atoms with E-state index < -0.39 is 44.5 Å². The Hall–Kier alpha value is -0.650. The topological polar surface area (TPSA) is 61.4 Å². The van der Waals surface area contributed by atoms with Gasteiger partial charge in [0.15, 0.2) is 0 Å². The van der Waals surface area contributed by atoms with E-state index >= 15 is 0 Å². The van der Waals surface area contributed by atoms with Gasteiger partial charge in [-0.1, -0.05) is 17.7 Å². The van der Waals surface area contributed by atoms with Gasteiger partial charge in [-0.3, -0.25) is 4.90 Å². The summed E-state index contributed by atoms with van der Waals surface area (Å²) in [5.74, 6) is -1.12. The van der Waals surface area contributed by atoms with Crippen molar-refractivity contribution in [2.24, 2.45) is 0 Å². The fourth-order valence-electron chi connectivity index (χ4n) is 2.45. The molecule has 0 spiro atoms. The molecule has 0 aromatic heterocycles. The molecule has 1 aliphatic rings. The minimum Gasteiger partial charge on any atom is -0.314 e. The van der Waals surface area contributed by atoms with E-state index in [1.165, 1.54) is 6.07 Å².